The van der Waals surface area contributed by atoms with Gasteiger partial charge in [0.1, 0.15) is 6.10 Å². The van der Waals surface area contributed by atoms with Gasteiger partial charge >= 0.3 is 0 Å². The molecular formula is C13H28O3Si. The highest BCUT2D eigenvalue weighted by Gasteiger charge is 2.38. The standard InChI is InChI=1S/C13H28O3Si/c1-13(2,3)17(4,5)15-9-7-6-8-11-12(10-14)16-11/h11-12,14H,6-10H2,1-5H3/t11-,12+/m1/s1. The van der Waals surface area contributed by atoms with Crippen molar-refractivity contribution in [1.29, 1.82) is 0 Å². The van der Waals surface area contributed by atoms with E-state index in [0.29, 0.717) is 11.1 Å². The molecule has 1 fully saturated rings. The lowest BCUT2D eigenvalue weighted by Crippen LogP contribution is -2.40. The number of aliphatic hydroxyl groups is 1. The van der Waals surface area contributed by atoms with Crippen LogP contribution in [0.5, 0.6) is 0 Å². The van der Waals surface area contributed by atoms with Gasteiger partial charge in [0.15, 0.2) is 8.32 Å². The molecule has 0 amide bonds. The first kappa shape index (κ1) is 15.2. The van der Waals surface area contributed by atoms with Crippen molar-refractivity contribution in [3.8, 4) is 0 Å². The summed E-state index contributed by atoms with van der Waals surface area (Å²) in [4.78, 5) is 0. The molecule has 1 saturated heterocycles. The summed E-state index contributed by atoms with van der Waals surface area (Å²) < 4.78 is 11.4. The van der Waals surface area contributed by atoms with E-state index in [1.165, 1.54) is 0 Å². The lowest BCUT2D eigenvalue weighted by molar-refractivity contribution is 0.241. The summed E-state index contributed by atoms with van der Waals surface area (Å²) in [6.07, 6.45) is 3.73. The largest absolute Gasteiger partial charge is 0.417 e. The summed E-state index contributed by atoms with van der Waals surface area (Å²) >= 11 is 0. The zero-order valence-electron chi connectivity index (χ0n) is 12.0. The van der Waals surface area contributed by atoms with Crippen molar-refractivity contribution in [3.05, 3.63) is 0 Å². The third-order valence-corrected chi connectivity index (χ3v) is 8.56. The maximum atomic E-state index is 8.83. The zero-order valence-corrected chi connectivity index (χ0v) is 13.0. The van der Waals surface area contributed by atoms with Crippen LogP contribution in [-0.4, -0.2) is 38.8 Å². The van der Waals surface area contributed by atoms with E-state index in [0.717, 1.165) is 25.9 Å². The third-order valence-electron chi connectivity index (χ3n) is 4.02. The van der Waals surface area contributed by atoms with Crippen LogP contribution in [-0.2, 0) is 9.16 Å². The minimum absolute atomic E-state index is 0.122. The van der Waals surface area contributed by atoms with Gasteiger partial charge in [0, 0.05) is 6.61 Å². The van der Waals surface area contributed by atoms with Crippen LogP contribution in [0.1, 0.15) is 40.0 Å². The molecule has 1 aliphatic rings. The molecule has 0 aromatic heterocycles. The SMILES string of the molecule is CC(C)(C)[Si](C)(C)OCCCC[C@H]1O[C@H]1CO. The average Bonchev–Trinajstić information content (AvgIpc) is 2.94. The Hall–Kier alpha value is 0.0969. The topological polar surface area (TPSA) is 42.0 Å². The van der Waals surface area contributed by atoms with Crippen molar-refractivity contribution < 1.29 is 14.3 Å². The molecule has 4 heteroatoms. The number of ether oxygens (including phenoxy) is 1. The zero-order chi connectivity index (χ0) is 13.1. The molecule has 3 nitrogen and oxygen atoms in total. The van der Waals surface area contributed by atoms with Crippen LogP contribution >= 0.6 is 0 Å². The molecule has 0 bridgehead atoms. The van der Waals surface area contributed by atoms with Gasteiger partial charge in [-0.15, -0.1) is 0 Å². The predicted molar refractivity (Wildman–Crippen MR) is 72.7 cm³/mol. The molecule has 102 valence electrons. The smallest absolute Gasteiger partial charge is 0.191 e. The van der Waals surface area contributed by atoms with E-state index in [1.54, 1.807) is 0 Å². The second-order valence-corrected chi connectivity index (χ2v) is 11.3. The number of hydrogen-bond donors (Lipinski definition) is 1. The first-order valence-electron chi connectivity index (χ1n) is 6.68. The van der Waals surface area contributed by atoms with Gasteiger partial charge in [-0.2, -0.15) is 0 Å². The van der Waals surface area contributed by atoms with Gasteiger partial charge in [0.25, 0.3) is 0 Å². The van der Waals surface area contributed by atoms with Gasteiger partial charge in [-0.25, -0.2) is 0 Å². The maximum Gasteiger partial charge on any atom is 0.191 e. The Labute approximate surface area is 107 Å². The Balaban J connectivity index is 2.04. The van der Waals surface area contributed by atoms with Crippen LogP contribution in [0, 0.1) is 0 Å². The second-order valence-electron chi connectivity index (χ2n) is 6.50. The van der Waals surface area contributed by atoms with E-state index in [4.69, 9.17) is 14.3 Å². The summed E-state index contributed by atoms with van der Waals surface area (Å²) in [5, 5.41) is 9.13. The van der Waals surface area contributed by atoms with Crippen molar-refractivity contribution in [1.82, 2.24) is 0 Å². The summed E-state index contributed by atoms with van der Waals surface area (Å²) in [6.45, 7) is 12.4. The number of epoxide rings is 1. The molecule has 1 rings (SSSR count). The highest BCUT2D eigenvalue weighted by atomic mass is 28.4. The molecule has 0 spiro atoms. The molecule has 1 aliphatic heterocycles. The van der Waals surface area contributed by atoms with Crippen LogP contribution in [0.2, 0.25) is 18.1 Å². The quantitative estimate of drug-likeness (QED) is 0.435. The van der Waals surface area contributed by atoms with Crippen LogP contribution in [0.3, 0.4) is 0 Å². The van der Waals surface area contributed by atoms with Gasteiger partial charge in [0.2, 0.25) is 0 Å². The van der Waals surface area contributed by atoms with Gasteiger partial charge in [0.05, 0.1) is 12.7 Å². The van der Waals surface area contributed by atoms with Crippen molar-refractivity contribution >= 4 is 8.32 Å². The molecule has 2 atom stereocenters. The molecule has 0 aliphatic carbocycles. The number of hydrogen-bond acceptors (Lipinski definition) is 3. The lowest BCUT2D eigenvalue weighted by Gasteiger charge is -2.36. The van der Waals surface area contributed by atoms with E-state index in [9.17, 15) is 0 Å². The Morgan fingerprint density at radius 1 is 1.18 bits per heavy atom. The number of rotatable bonds is 7. The molecule has 0 aromatic rings. The van der Waals surface area contributed by atoms with Gasteiger partial charge < -0.3 is 14.3 Å². The lowest BCUT2D eigenvalue weighted by atomic mass is 10.1. The molecule has 0 radical (unpaired) electrons. The van der Waals surface area contributed by atoms with Crippen molar-refractivity contribution in [3.63, 3.8) is 0 Å². The van der Waals surface area contributed by atoms with E-state index in [2.05, 4.69) is 33.9 Å². The van der Waals surface area contributed by atoms with E-state index >= 15 is 0 Å². The van der Waals surface area contributed by atoms with Crippen LogP contribution in [0.25, 0.3) is 0 Å². The summed E-state index contributed by atoms with van der Waals surface area (Å²) in [7, 11) is -1.56. The molecular weight excluding hydrogens is 232 g/mol. The fourth-order valence-electron chi connectivity index (χ4n) is 1.59. The minimum Gasteiger partial charge on any atom is -0.417 e. The number of unbranched alkanes of at least 4 members (excludes halogenated alkanes) is 1. The highest BCUT2D eigenvalue weighted by molar-refractivity contribution is 6.74. The normalized spacial score (nSPS) is 25.1. The molecule has 1 N–H and O–H groups in total. The summed E-state index contributed by atoms with van der Waals surface area (Å²) in [5.41, 5.74) is 0. The summed E-state index contributed by atoms with van der Waals surface area (Å²) in [5.74, 6) is 0. The fraction of sp³-hybridized carbons (Fsp3) is 1.00. The van der Waals surface area contributed by atoms with Crippen LogP contribution in [0.15, 0.2) is 0 Å². The monoisotopic (exact) mass is 260 g/mol. The fourth-order valence-corrected chi connectivity index (χ4v) is 2.67. The van der Waals surface area contributed by atoms with Gasteiger partial charge in [-0.1, -0.05) is 20.8 Å². The Bertz CT molecular complexity index is 235. The second kappa shape index (κ2) is 5.82. The van der Waals surface area contributed by atoms with E-state index in [-0.39, 0.29) is 12.7 Å². The maximum absolute atomic E-state index is 8.83. The molecule has 0 unspecified atom stereocenters. The van der Waals surface area contributed by atoms with Crippen LogP contribution < -0.4 is 0 Å². The number of aliphatic hydroxyl groups excluding tert-OH is 1. The van der Waals surface area contributed by atoms with Crippen molar-refractivity contribution in [2.45, 2.75) is 70.4 Å². The molecule has 17 heavy (non-hydrogen) atoms. The van der Waals surface area contributed by atoms with Gasteiger partial charge in [-0.3, -0.25) is 0 Å². The molecule has 0 aromatic carbocycles. The first-order chi connectivity index (χ1) is 7.78. The average molecular weight is 260 g/mol. The Kier molecular flexibility index (Phi) is 5.19. The Morgan fingerprint density at radius 3 is 2.29 bits per heavy atom. The predicted octanol–water partition coefficient (Wildman–Crippen LogP) is 2.94. The van der Waals surface area contributed by atoms with E-state index in [1.807, 2.05) is 0 Å². The van der Waals surface area contributed by atoms with Crippen molar-refractivity contribution in [2.24, 2.45) is 0 Å². The molecule has 1 heterocycles. The highest BCUT2D eigenvalue weighted by Crippen LogP contribution is 2.36. The van der Waals surface area contributed by atoms with Crippen molar-refractivity contribution in [2.75, 3.05) is 13.2 Å². The molecule has 0 saturated carbocycles. The van der Waals surface area contributed by atoms with Gasteiger partial charge in [-0.05, 0) is 37.4 Å². The third kappa shape index (κ3) is 4.70. The first-order valence-corrected chi connectivity index (χ1v) is 9.59. The van der Waals surface area contributed by atoms with Crippen LogP contribution in [0.4, 0.5) is 0 Å². The van der Waals surface area contributed by atoms with E-state index < -0.39 is 8.32 Å². The summed E-state index contributed by atoms with van der Waals surface area (Å²) in [6, 6.07) is 0. The minimum atomic E-state index is -1.56. The Morgan fingerprint density at radius 2 is 1.82 bits per heavy atom.